The zero-order valence-electron chi connectivity index (χ0n) is 15.4. The number of urea groups is 1. The van der Waals surface area contributed by atoms with Gasteiger partial charge in [0.2, 0.25) is 10.0 Å². The number of hydrogen-bond acceptors (Lipinski definition) is 3. The molecule has 3 rings (SSSR count). The van der Waals surface area contributed by atoms with Gasteiger partial charge in [0.1, 0.15) is 0 Å². The van der Waals surface area contributed by atoms with E-state index >= 15 is 0 Å². The minimum atomic E-state index is -3.88. The van der Waals surface area contributed by atoms with Crippen LogP contribution in [-0.2, 0) is 16.4 Å². The summed E-state index contributed by atoms with van der Waals surface area (Å²) in [5.41, 5.74) is 3.15. The fourth-order valence-corrected chi connectivity index (χ4v) is 4.05. The largest absolute Gasteiger partial charge is 0.336 e. The van der Waals surface area contributed by atoms with Gasteiger partial charge in [-0.1, -0.05) is 44.0 Å². The van der Waals surface area contributed by atoms with E-state index in [2.05, 4.69) is 12.2 Å². The van der Waals surface area contributed by atoms with Crippen LogP contribution in [0.25, 0.3) is 11.1 Å². The van der Waals surface area contributed by atoms with Crippen LogP contribution in [0, 0.1) is 0 Å². The lowest BCUT2D eigenvalue weighted by atomic mass is 10.0. The van der Waals surface area contributed by atoms with Crippen LogP contribution in [0.15, 0.2) is 47.4 Å². The summed E-state index contributed by atoms with van der Waals surface area (Å²) in [4.78, 5) is 13.6. The van der Waals surface area contributed by atoms with Gasteiger partial charge in [-0.25, -0.2) is 18.4 Å². The van der Waals surface area contributed by atoms with E-state index in [1.54, 1.807) is 17.0 Å². The third-order valence-corrected chi connectivity index (χ3v) is 5.74. The van der Waals surface area contributed by atoms with Crippen molar-refractivity contribution in [1.29, 1.82) is 0 Å². The average molecular weight is 388 g/mol. The van der Waals surface area contributed by atoms with E-state index in [-0.39, 0.29) is 10.9 Å². The van der Waals surface area contributed by atoms with Crippen LogP contribution in [0.2, 0.25) is 0 Å². The Kier molecular flexibility index (Phi) is 5.82. The number of aryl methyl sites for hydroxylation is 1. The highest BCUT2D eigenvalue weighted by Gasteiger charge is 2.24. The quantitative estimate of drug-likeness (QED) is 0.714. The first kappa shape index (κ1) is 19.4. The summed E-state index contributed by atoms with van der Waals surface area (Å²) in [5, 5.41) is 8.16. The van der Waals surface area contributed by atoms with Crippen LogP contribution in [0.3, 0.4) is 0 Å². The van der Waals surface area contributed by atoms with Gasteiger partial charge in [-0.05, 0) is 42.2 Å². The van der Waals surface area contributed by atoms with Crippen molar-refractivity contribution < 1.29 is 13.2 Å². The van der Waals surface area contributed by atoms with E-state index in [4.69, 9.17) is 5.14 Å². The second kappa shape index (κ2) is 8.10. The standard InChI is InChI=1S/C20H25N3O3S/c1-2-3-4-5-15-6-8-16(9-7-15)18-14-17(23-13-12-22-20(23)24)10-11-19(18)27(21,25)26/h6-11,14H,2-5,12-13H2,1H3,(H,22,24)(H2,21,25,26). The molecule has 6 nitrogen and oxygen atoms in total. The van der Waals surface area contributed by atoms with Crippen LogP contribution in [-0.4, -0.2) is 27.5 Å². The smallest absolute Gasteiger partial charge is 0.321 e. The lowest BCUT2D eigenvalue weighted by Gasteiger charge is -2.17. The Morgan fingerprint density at radius 3 is 2.44 bits per heavy atom. The lowest BCUT2D eigenvalue weighted by Crippen LogP contribution is -2.27. The topological polar surface area (TPSA) is 92.5 Å². The van der Waals surface area contributed by atoms with E-state index in [0.29, 0.717) is 24.3 Å². The molecule has 2 amide bonds. The summed E-state index contributed by atoms with van der Waals surface area (Å²) >= 11 is 0. The van der Waals surface area contributed by atoms with Gasteiger partial charge in [0.15, 0.2) is 0 Å². The van der Waals surface area contributed by atoms with Crippen molar-refractivity contribution in [3.05, 3.63) is 48.0 Å². The molecule has 1 fully saturated rings. The van der Waals surface area contributed by atoms with Gasteiger partial charge in [0.25, 0.3) is 0 Å². The molecule has 1 heterocycles. The number of hydrogen-bond donors (Lipinski definition) is 2. The van der Waals surface area contributed by atoms with Crippen LogP contribution in [0.1, 0.15) is 31.7 Å². The highest BCUT2D eigenvalue weighted by molar-refractivity contribution is 7.89. The second-order valence-electron chi connectivity index (χ2n) is 6.76. The van der Waals surface area contributed by atoms with Crippen LogP contribution in [0.4, 0.5) is 10.5 Å². The normalized spacial score (nSPS) is 14.4. The molecule has 7 heteroatoms. The number of nitrogens with two attached hydrogens (primary N) is 1. The van der Waals surface area contributed by atoms with Gasteiger partial charge in [-0.2, -0.15) is 0 Å². The van der Waals surface area contributed by atoms with Crippen molar-refractivity contribution in [3.63, 3.8) is 0 Å². The highest BCUT2D eigenvalue weighted by Crippen LogP contribution is 2.32. The molecule has 0 bridgehead atoms. The summed E-state index contributed by atoms with van der Waals surface area (Å²) in [7, 11) is -3.88. The number of primary sulfonamides is 1. The maximum Gasteiger partial charge on any atom is 0.321 e. The van der Waals surface area contributed by atoms with Crippen LogP contribution < -0.4 is 15.4 Å². The van der Waals surface area contributed by atoms with E-state index in [1.165, 1.54) is 24.5 Å². The Labute approximate surface area is 160 Å². The molecular formula is C20H25N3O3S. The predicted molar refractivity (Wildman–Crippen MR) is 107 cm³/mol. The molecule has 0 saturated carbocycles. The number of nitrogens with one attached hydrogen (secondary N) is 1. The lowest BCUT2D eigenvalue weighted by molar-refractivity contribution is 0.252. The number of carbonyl (C=O) groups is 1. The maximum atomic E-state index is 12.1. The minimum absolute atomic E-state index is 0.0598. The number of unbranched alkanes of at least 4 members (excludes halogenated alkanes) is 2. The summed E-state index contributed by atoms with van der Waals surface area (Å²) in [5.74, 6) is 0. The molecule has 1 saturated heterocycles. The molecule has 2 aromatic carbocycles. The van der Waals surface area contributed by atoms with E-state index < -0.39 is 10.0 Å². The zero-order chi connectivity index (χ0) is 19.4. The van der Waals surface area contributed by atoms with Gasteiger partial charge in [0.05, 0.1) is 4.90 Å². The third kappa shape index (κ3) is 4.48. The highest BCUT2D eigenvalue weighted by atomic mass is 32.2. The Bertz CT molecular complexity index is 924. The summed E-state index contributed by atoms with van der Waals surface area (Å²) in [6.07, 6.45) is 4.51. The molecule has 0 aromatic heterocycles. The fraction of sp³-hybridized carbons (Fsp3) is 0.350. The van der Waals surface area contributed by atoms with Crippen LogP contribution in [0.5, 0.6) is 0 Å². The molecular weight excluding hydrogens is 362 g/mol. The molecule has 27 heavy (non-hydrogen) atoms. The van der Waals surface area contributed by atoms with Crippen molar-refractivity contribution in [2.45, 2.75) is 37.5 Å². The molecule has 1 aliphatic rings. The number of anilines is 1. The number of nitrogens with zero attached hydrogens (tertiary/aromatic N) is 1. The molecule has 0 unspecified atom stereocenters. The van der Waals surface area contributed by atoms with Crippen molar-refractivity contribution in [1.82, 2.24) is 5.32 Å². The second-order valence-corrected chi connectivity index (χ2v) is 8.29. The number of sulfonamides is 1. The van der Waals surface area contributed by atoms with Crippen molar-refractivity contribution in [2.75, 3.05) is 18.0 Å². The molecule has 2 aromatic rings. The van der Waals surface area contributed by atoms with Crippen molar-refractivity contribution in [3.8, 4) is 11.1 Å². The van der Waals surface area contributed by atoms with Crippen LogP contribution >= 0.6 is 0 Å². The number of carbonyl (C=O) groups excluding carboxylic acids is 1. The zero-order valence-corrected chi connectivity index (χ0v) is 16.3. The van der Waals surface area contributed by atoms with Gasteiger partial charge in [-0.15, -0.1) is 0 Å². The third-order valence-electron chi connectivity index (χ3n) is 4.77. The van der Waals surface area contributed by atoms with Crippen molar-refractivity contribution >= 4 is 21.7 Å². The molecule has 0 atom stereocenters. The first-order valence-electron chi connectivity index (χ1n) is 9.21. The first-order valence-corrected chi connectivity index (χ1v) is 10.8. The predicted octanol–water partition coefficient (Wildman–Crippen LogP) is 3.26. The number of amides is 2. The summed E-state index contributed by atoms with van der Waals surface area (Å²) in [6, 6.07) is 12.5. The minimum Gasteiger partial charge on any atom is -0.336 e. The Balaban J connectivity index is 1.97. The number of benzene rings is 2. The van der Waals surface area contributed by atoms with Gasteiger partial charge >= 0.3 is 6.03 Å². The molecule has 0 spiro atoms. The van der Waals surface area contributed by atoms with E-state index in [1.807, 2.05) is 24.3 Å². The van der Waals surface area contributed by atoms with Gasteiger partial charge in [0, 0.05) is 24.3 Å². The van der Waals surface area contributed by atoms with Crippen molar-refractivity contribution in [2.24, 2.45) is 5.14 Å². The van der Waals surface area contributed by atoms with Gasteiger partial charge < -0.3 is 5.32 Å². The van der Waals surface area contributed by atoms with Gasteiger partial charge in [-0.3, -0.25) is 4.90 Å². The fourth-order valence-electron chi connectivity index (χ4n) is 3.31. The Morgan fingerprint density at radius 1 is 1.11 bits per heavy atom. The molecule has 3 N–H and O–H groups in total. The Hall–Kier alpha value is -2.38. The summed E-state index contributed by atoms with van der Waals surface area (Å²) in [6.45, 7) is 3.28. The van der Waals surface area contributed by atoms with E-state index in [9.17, 15) is 13.2 Å². The average Bonchev–Trinajstić information content (AvgIpc) is 3.07. The maximum absolute atomic E-state index is 12.1. The van der Waals surface area contributed by atoms with E-state index in [0.717, 1.165) is 18.4 Å². The Morgan fingerprint density at radius 2 is 1.85 bits per heavy atom. The molecule has 0 aliphatic carbocycles. The monoisotopic (exact) mass is 387 g/mol. The number of rotatable bonds is 7. The first-order chi connectivity index (χ1) is 12.9. The molecule has 1 aliphatic heterocycles. The SMILES string of the molecule is CCCCCc1ccc(-c2cc(N3CCNC3=O)ccc2S(N)(=O)=O)cc1. The summed E-state index contributed by atoms with van der Waals surface area (Å²) < 4.78 is 24.1. The molecule has 0 radical (unpaired) electrons. The molecule has 144 valence electrons.